The molecule has 2 aliphatic rings. The van der Waals surface area contributed by atoms with Gasteiger partial charge >= 0.3 is 6.09 Å². The molecule has 2 saturated heterocycles. The topological polar surface area (TPSA) is 79.8 Å². The van der Waals surface area contributed by atoms with Gasteiger partial charge in [-0.2, -0.15) is 0 Å². The van der Waals surface area contributed by atoms with Gasteiger partial charge in [0.05, 0.1) is 30.0 Å². The van der Waals surface area contributed by atoms with Crippen molar-refractivity contribution in [3.05, 3.63) is 48.0 Å². The number of carbonyl (C=O) groups is 1. The quantitative estimate of drug-likeness (QED) is 0.688. The lowest BCUT2D eigenvalue weighted by molar-refractivity contribution is 0.135. The highest BCUT2D eigenvalue weighted by atomic mass is 19.1. The van der Waals surface area contributed by atoms with Crippen LogP contribution in [0.4, 0.5) is 26.4 Å². The lowest BCUT2D eigenvalue weighted by Crippen LogP contribution is -2.37. The monoisotopic (exact) mass is 423 g/mol. The summed E-state index contributed by atoms with van der Waals surface area (Å²) in [4.78, 5) is 25.1. The zero-order valence-corrected chi connectivity index (χ0v) is 17.4. The van der Waals surface area contributed by atoms with Crippen molar-refractivity contribution in [1.82, 2.24) is 14.9 Å². The van der Waals surface area contributed by atoms with Crippen LogP contribution in [0.1, 0.15) is 5.56 Å². The Hall–Kier alpha value is -3.46. The summed E-state index contributed by atoms with van der Waals surface area (Å²) < 4.78 is 25.7. The van der Waals surface area contributed by atoms with Gasteiger partial charge in [0.15, 0.2) is 0 Å². The largest absolute Gasteiger partial charge is 0.494 e. The average Bonchev–Trinajstić information content (AvgIpc) is 3.24. The van der Waals surface area contributed by atoms with E-state index >= 15 is 0 Å². The number of aromatic nitrogens is 2. The fourth-order valence-corrected chi connectivity index (χ4v) is 4.30. The minimum absolute atomic E-state index is 0.112. The molecule has 2 aliphatic heterocycles. The van der Waals surface area contributed by atoms with Crippen molar-refractivity contribution in [2.75, 3.05) is 37.5 Å². The number of likely N-dealkylation sites (N-methyl/N-ethyl adjacent to an activating group) is 1. The summed E-state index contributed by atoms with van der Waals surface area (Å²) in [6.45, 7) is 3.09. The van der Waals surface area contributed by atoms with Crippen molar-refractivity contribution in [1.29, 1.82) is 0 Å². The first-order chi connectivity index (χ1) is 15.0. The molecule has 160 valence electrons. The maximum absolute atomic E-state index is 14.6. The summed E-state index contributed by atoms with van der Waals surface area (Å²) >= 11 is 0. The Kier molecular flexibility index (Phi) is 4.62. The first-order valence-electron chi connectivity index (χ1n) is 9.99. The van der Waals surface area contributed by atoms with Crippen molar-refractivity contribution in [3.63, 3.8) is 0 Å². The SMILES string of the molecule is COc1cc2ncnc(Nc3cccc(C)c3F)c2cc1N1C(=O)OC2CN(C)C[C@H]21. The minimum Gasteiger partial charge on any atom is -0.494 e. The Morgan fingerprint density at radius 3 is 2.90 bits per heavy atom. The number of carbonyl (C=O) groups excluding carboxylic acids is 1. The molecule has 9 heteroatoms. The van der Waals surface area contributed by atoms with Gasteiger partial charge < -0.3 is 19.7 Å². The third-order valence-corrected chi connectivity index (χ3v) is 5.84. The summed E-state index contributed by atoms with van der Waals surface area (Å²) in [6, 6.07) is 8.57. The molecule has 0 radical (unpaired) electrons. The van der Waals surface area contributed by atoms with E-state index in [9.17, 15) is 9.18 Å². The fourth-order valence-electron chi connectivity index (χ4n) is 4.30. The summed E-state index contributed by atoms with van der Waals surface area (Å²) in [5.41, 5.74) is 2.03. The maximum atomic E-state index is 14.6. The number of nitrogens with zero attached hydrogens (tertiary/aromatic N) is 4. The number of ether oxygens (including phenoxy) is 2. The Labute approximate surface area is 178 Å². The zero-order chi connectivity index (χ0) is 21.7. The van der Waals surface area contributed by atoms with Crippen LogP contribution in [0.5, 0.6) is 5.75 Å². The molecule has 1 unspecified atom stereocenters. The predicted octanol–water partition coefficient (Wildman–Crippen LogP) is 3.47. The Morgan fingerprint density at radius 2 is 2.10 bits per heavy atom. The number of methoxy groups -OCH3 is 1. The van der Waals surface area contributed by atoms with Gasteiger partial charge in [-0.25, -0.2) is 19.2 Å². The summed E-state index contributed by atoms with van der Waals surface area (Å²) in [6.07, 6.45) is 0.810. The molecule has 3 aromatic rings. The molecule has 1 N–H and O–H groups in total. The van der Waals surface area contributed by atoms with Crippen LogP contribution in [-0.2, 0) is 4.74 Å². The van der Waals surface area contributed by atoms with Gasteiger partial charge in [0.2, 0.25) is 0 Å². The Balaban J connectivity index is 1.62. The number of nitrogens with one attached hydrogen (secondary N) is 1. The normalized spacial score (nSPS) is 20.8. The van der Waals surface area contributed by atoms with Gasteiger partial charge in [-0.1, -0.05) is 12.1 Å². The molecule has 2 fully saturated rings. The molecule has 3 heterocycles. The molecule has 5 rings (SSSR count). The number of aryl methyl sites for hydroxylation is 1. The highest BCUT2D eigenvalue weighted by Crippen LogP contribution is 2.40. The van der Waals surface area contributed by atoms with Gasteiger partial charge in [-0.3, -0.25) is 4.90 Å². The lowest BCUT2D eigenvalue weighted by Gasteiger charge is -2.23. The molecular weight excluding hydrogens is 401 g/mol. The summed E-state index contributed by atoms with van der Waals surface area (Å²) in [5, 5.41) is 3.71. The molecule has 1 amide bonds. The van der Waals surface area contributed by atoms with Gasteiger partial charge in [0.25, 0.3) is 0 Å². The molecule has 2 atom stereocenters. The van der Waals surface area contributed by atoms with E-state index in [-0.39, 0.29) is 18.0 Å². The highest BCUT2D eigenvalue weighted by molar-refractivity contribution is 6.00. The number of benzene rings is 2. The van der Waals surface area contributed by atoms with Crippen molar-refractivity contribution < 1.29 is 18.7 Å². The summed E-state index contributed by atoms with van der Waals surface area (Å²) in [7, 11) is 3.54. The number of fused-ring (bicyclic) bond motifs is 2. The standard InChI is InChI=1S/C22H22FN5O3/c1-12-5-4-6-14(20(12)23)26-21-13-7-16(18(30-3)8-15(13)24-11-25-21)28-17-9-27(2)10-19(17)31-22(28)29/h4-8,11,17,19H,9-10H2,1-3H3,(H,24,25,26)/t17-,19?/m1/s1. The Morgan fingerprint density at radius 1 is 1.26 bits per heavy atom. The van der Waals surface area contributed by atoms with Crippen LogP contribution in [0, 0.1) is 12.7 Å². The number of hydrogen-bond donors (Lipinski definition) is 1. The second-order valence-electron chi connectivity index (χ2n) is 7.91. The van der Waals surface area contributed by atoms with E-state index in [1.54, 1.807) is 49.3 Å². The number of rotatable bonds is 4. The predicted molar refractivity (Wildman–Crippen MR) is 115 cm³/mol. The van der Waals surface area contributed by atoms with Crippen molar-refractivity contribution >= 4 is 34.2 Å². The number of hydrogen-bond acceptors (Lipinski definition) is 7. The molecule has 0 spiro atoms. The Bertz CT molecular complexity index is 1190. The van der Waals surface area contributed by atoms with Gasteiger partial charge in [-0.15, -0.1) is 0 Å². The molecule has 1 aromatic heterocycles. The molecular formula is C22H22FN5O3. The second kappa shape index (κ2) is 7.35. The first kappa shape index (κ1) is 19.5. The average molecular weight is 423 g/mol. The van der Waals surface area contributed by atoms with Crippen LogP contribution in [-0.4, -0.2) is 60.4 Å². The van der Waals surface area contributed by atoms with E-state index in [1.165, 1.54) is 6.33 Å². The molecule has 0 aliphatic carbocycles. The number of anilines is 3. The highest BCUT2D eigenvalue weighted by Gasteiger charge is 2.48. The summed E-state index contributed by atoms with van der Waals surface area (Å²) in [5.74, 6) is 0.597. The fraction of sp³-hybridized carbons (Fsp3) is 0.318. The van der Waals surface area contributed by atoms with E-state index in [0.717, 1.165) is 0 Å². The van der Waals surface area contributed by atoms with E-state index in [4.69, 9.17) is 9.47 Å². The van der Waals surface area contributed by atoms with E-state index in [0.29, 0.717) is 52.5 Å². The van der Waals surface area contributed by atoms with Crippen LogP contribution in [0.2, 0.25) is 0 Å². The zero-order valence-electron chi connectivity index (χ0n) is 17.4. The van der Waals surface area contributed by atoms with Crippen molar-refractivity contribution in [2.24, 2.45) is 0 Å². The lowest BCUT2D eigenvalue weighted by atomic mass is 10.1. The van der Waals surface area contributed by atoms with Gasteiger partial charge in [-0.05, 0) is 31.7 Å². The molecule has 2 aromatic carbocycles. The molecule has 0 saturated carbocycles. The van der Waals surface area contributed by atoms with E-state index < -0.39 is 6.09 Å². The minimum atomic E-state index is -0.406. The molecule has 0 bridgehead atoms. The van der Waals surface area contributed by atoms with Crippen molar-refractivity contribution in [3.8, 4) is 5.75 Å². The van der Waals surface area contributed by atoms with Gasteiger partial charge in [0, 0.05) is 24.5 Å². The van der Waals surface area contributed by atoms with E-state index in [1.807, 2.05) is 7.05 Å². The third kappa shape index (κ3) is 3.21. The van der Waals surface area contributed by atoms with Crippen LogP contribution in [0.25, 0.3) is 10.9 Å². The van der Waals surface area contributed by atoms with Crippen molar-refractivity contribution in [2.45, 2.75) is 19.1 Å². The third-order valence-electron chi connectivity index (χ3n) is 5.84. The second-order valence-corrected chi connectivity index (χ2v) is 7.91. The maximum Gasteiger partial charge on any atom is 0.415 e. The first-order valence-corrected chi connectivity index (χ1v) is 9.99. The number of amides is 1. The van der Waals surface area contributed by atoms with Crippen LogP contribution in [0.15, 0.2) is 36.7 Å². The smallest absolute Gasteiger partial charge is 0.415 e. The number of halogens is 1. The van der Waals surface area contributed by atoms with Crippen LogP contribution in [0.3, 0.4) is 0 Å². The number of likely N-dealkylation sites (tertiary alicyclic amines) is 1. The molecule has 8 nitrogen and oxygen atoms in total. The van der Waals surface area contributed by atoms with Crippen LogP contribution >= 0.6 is 0 Å². The van der Waals surface area contributed by atoms with Gasteiger partial charge in [0.1, 0.15) is 29.8 Å². The molecule has 31 heavy (non-hydrogen) atoms. The van der Waals surface area contributed by atoms with E-state index in [2.05, 4.69) is 20.2 Å². The van der Waals surface area contributed by atoms with Crippen LogP contribution < -0.4 is 15.0 Å².